The number of likely N-dealkylation sites (N-methyl/N-ethyl adjacent to an activating group) is 1. The van der Waals surface area contributed by atoms with Crippen molar-refractivity contribution in [3.63, 3.8) is 0 Å². The maximum absolute atomic E-state index is 9.62. The molecule has 4 heteroatoms. The van der Waals surface area contributed by atoms with Gasteiger partial charge in [-0.2, -0.15) is 0 Å². The Morgan fingerprint density at radius 1 is 1.35 bits per heavy atom. The van der Waals surface area contributed by atoms with E-state index in [1.54, 1.807) is 0 Å². The minimum Gasteiger partial charge on any atom is -0.491 e. The quantitative estimate of drug-likeness (QED) is 0.822. The summed E-state index contributed by atoms with van der Waals surface area (Å²) in [6.45, 7) is 7.56. The Kier molecular flexibility index (Phi) is 5.75. The summed E-state index contributed by atoms with van der Waals surface area (Å²) >= 11 is 6.07. The van der Waals surface area contributed by atoms with Crippen LogP contribution in [0.15, 0.2) is 12.1 Å². The summed E-state index contributed by atoms with van der Waals surface area (Å²) in [6, 6.07) is 3.77. The molecule has 0 bridgehead atoms. The molecule has 0 saturated heterocycles. The molecular formula is C13H20ClNO2. The highest BCUT2D eigenvalue weighted by atomic mass is 35.5. The predicted molar refractivity (Wildman–Crippen MR) is 71.0 cm³/mol. The highest BCUT2D eigenvalue weighted by Gasteiger charge is 2.07. The third-order valence-electron chi connectivity index (χ3n) is 2.48. The van der Waals surface area contributed by atoms with Gasteiger partial charge in [-0.05, 0) is 43.7 Å². The van der Waals surface area contributed by atoms with E-state index in [9.17, 15) is 5.11 Å². The highest BCUT2D eigenvalue weighted by molar-refractivity contribution is 6.32. The molecule has 0 radical (unpaired) electrons. The molecule has 1 rings (SSSR count). The van der Waals surface area contributed by atoms with Gasteiger partial charge in [-0.25, -0.2) is 0 Å². The molecule has 0 amide bonds. The molecule has 17 heavy (non-hydrogen) atoms. The monoisotopic (exact) mass is 257 g/mol. The molecule has 1 atom stereocenters. The maximum atomic E-state index is 9.62. The van der Waals surface area contributed by atoms with Crippen LogP contribution in [0, 0.1) is 13.8 Å². The number of hydrogen-bond acceptors (Lipinski definition) is 3. The van der Waals surface area contributed by atoms with Gasteiger partial charge in [0.25, 0.3) is 0 Å². The van der Waals surface area contributed by atoms with E-state index < -0.39 is 6.10 Å². The lowest BCUT2D eigenvalue weighted by Gasteiger charge is -2.14. The normalized spacial score (nSPS) is 12.5. The van der Waals surface area contributed by atoms with Crippen molar-refractivity contribution in [3.8, 4) is 5.75 Å². The van der Waals surface area contributed by atoms with Crippen LogP contribution in [-0.2, 0) is 0 Å². The second-order valence-corrected chi connectivity index (χ2v) is 4.52. The van der Waals surface area contributed by atoms with E-state index in [0.717, 1.165) is 28.4 Å². The SMILES string of the molecule is CCNC[C@H](O)COc1cc(C)c(Cl)c(C)c1. The number of aryl methyl sites for hydroxylation is 2. The molecule has 96 valence electrons. The summed E-state index contributed by atoms with van der Waals surface area (Å²) in [5.41, 5.74) is 1.98. The van der Waals surface area contributed by atoms with Crippen LogP contribution in [-0.4, -0.2) is 30.9 Å². The summed E-state index contributed by atoms with van der Waals surface area (Å²) in [7, 11) is 0. The first kappa shape index (κ1) is 14.3. The second kappa shape index (κ2) is 6.84. The number of halogens is 1. The molecule has 0 unspecified atom stereocenters. The first-order valence-corrected chi connectivity index (χ1v) is 6.20. The zero-order valence-electron chi connectivity index (χ0n) is 10.6. The molecule has 1 aromatic carbocycles. The summed E-state index contributed by atoms with van der Waals surface area (Å²) < 4.78 is 5.53. The third-order valence-corrected chi connectivity index (χ3v) is 3.08. The average Bonchev–Trinajstić information content (AvgIpc) is 2.30. The zero-order chi connectivity index (χ0) is 12.8. The van der Waals surface area contributed by atoms with Crippen molar-refractivity contribution < 1.29 is 9.84 Å². The first-order valence-electron chi connectivity index (χ1n) is 5.83. The summed E-state index contributed by atoms with van der Waals surface area (Å²) in [5, 5.41) is 13.5. The van der Waals surface area contributed by atoms with E-state index >= 15 is 0 Å². The fourth-order valence-corrected chi connectivity index (χ4v) is 1.66. The van der Waals surface area contributed by atoms with Gasteiger partial charge in [0.05, 0.1) is 0 Å². The number of rotatable bonds is 6. The van der Waals surface area contributed by atoms with E-state index in [-0.39, 0.29) is 6.61 Å². The van der Waals surface area contributed by atoms with Crippen LogP contribution in [0.1, 0.15) is 18.1 Å². The molecule has 0 aliphatic carbocycles. The molecule has 1 aromatic rings. The Morgan fingerprint density at radius 3 is 2.47 bits per heavy atom. The third kappa shape index (κ3) is 4.54. The molecule has 0 heterocycles. The lowest BCUT2D eigenvalue weighted by atomic mass is 10.1. The number of benzene rings is 1. The number of aliphatic hydroxyl groups excluding tert-OH is 1. The average molecular weight is 258 g/mol. The van der Waals surface area contributed by atoms with E-state index in [4.69, 9.17) is 16.3 Å². The lowest BCUT2D eigenvalue weighted by molar-refractivity contribution is 0.107. The molecule has 0 saturated carbocycles. The first-order chi connectivity index (χ1) is 8.04. The van der Waals surface area contributed by atoms with Crippen LogP contribution in [0.3, 0.4) is 0 Å². The fourth-order valence-electron chi connectivity index (χ4n) is 1.55. The minimum absolute atomic E-state index is 0.285. The molecule has 0 fully saturated rings. The Labute approximate surface area is 108 Å². The summed E-state index contributed by atoms with van der Waals surface area (Å²) in [4.78, 5) is 0. The Bertz CT molecular complexity index is 345. The molecule has 0 aliphatic rings. The lowest BCUT2D eigenvalue weighted by Crippen LogP contribution is -2.31. The van der Waals surface area contributed by atoms with Gasteiger partial charge in [0.1, 0.15) is 18.5 Å². The predicted octanol–water partition coefficient (Wildman–Crippen LogP) is 2.31. The van der Waals surface area contributed by atoms with Crippen molar-refractivity contribution in [3.05, 3.63) is 28.3 Å². The molecule has 0 aromatic heterocycles. The van der Waals surface area contributed by atoms with Crippen molar-refractivity contribution in [2.24, 2.45) is 0 Å². The minimum atomic E-state index is -0.494. The number of nitrogens with one attached hydrogen (secondary N) is 1. The van der Waals surface area contributed by atoms with Crippen molar-refractivity contribution in [2.75, 3.05) is 19.7 Å². The Balaban J connectivity index is 2.52. The van der Waals surface area contributed by atoms with Crippen molar-refractivity contribution in [1.82, 2.24) is 5.32 Å². The van der Waals surface area contributed by atoms with Gasteiger partial charge in [-0.3, -0.25) is 0 Å². The molecule has 2 N–H and O–H groups in total. The van der Waals surface area contributed by atoms with E-state index in [1.165, 1.54) is 0 Å². The van der Waals surface area contributed by atoms with Crippen LogP contribution in [0.25, 0.3) is 0 Å². The number of aliphatic hydroxyl groups is 1. The molecule has 3 nitrogen and oxygen atoms in total. The van der Waals surface area contributed by atoms with Crippen molar-refractivity contribution >= 4 is 11.6 Å². The Hall–Kier alpha value is -0.770. The summed E-state index contributed by atoms with van der Waals surface area (Å²) in [5.74, 6) is 0.750. The Morgan fingerprint density at radius 2 is 1.94 bits per heavy atom. The van der Waals surface area contributed by atoms with E-state index in [2.05, 4.69) is 5.32 Å². The summed E-state index contributed by atoms with van der Waals surface area (Å²) in [6.07, 6.45) is -0.494. The molecular weight excluding hydrogens is 238 g/mol. The van der Waals surface area contributed by atoms with Crippen LogP contribution >= 0.6 is 11.6 Å². The van der Waals surface area contributed by atoms with Gasteiger partial charge in [-0.15, -0.1) is 0 Å². The van der Waals surface area contributed by atoms with Gasteiger partial charge in [0, 0.05) is 11.6 Å². The van der Waals surface area contributed by atoms with Crippen molar-refractivity contribution in [2.45, 2.75) is 26.9 Å². The van der Waals surface area contributed by atoms with E-state index in [0.29, 0.717) is 6.54 Å². The molecule has 0 spiro atoms. The van der Waals surface area contributed by atoms with Gasteiger partial charge in [0.2, 0.25) is 0 Å². The maximum Gasteiger partial charge on any atom is 0.120 e. The topological polar surface area (TPSA) is 41.5 Å². The fraction of sp³-hybridized carbons (Fsp3) is 0.538. The highest BCUT2D eigenvalue weighted by Crippen LogP contribution is 2.25. The van der Waals surface area contributed by atoms with Gasteiger partial charge < -0.3 is 15.2 Å². The molecule has 0 aliphatic heterocycles. The van der Waals surface area contributed by atoms with Crippen LogP contribution in [0.5, 0.6) is 5.75 Å². The number of ether oxygens (including phenoxy) is 1. The smallest absolute Gasteiger partial charge is 0.120 e. The zero-order valence-corrected chi connectivity index (χ0v) is 11.3. The van der Waals surface area contributed by atoms with Crippen LogP contribution < -0.4 is 10.1 Å². The van der Waals surface area contributed by atoms with Gasteiger partial charge in [-0.1, -0.05) is 18.5 Å². The van der Waals surface area contributed by atoms with Crippen molar-refractivity contribution in [1.29, 1.82) is 0 Å². The second-order valence-electron chi connectivity index (χ2n) is 4.14. The largest absolute Gasteiger partial charge is 0.491 e. The van der Waals surface area contributed by atoms with Gasteiger partial charge in [0.15, 0.2) is 0 Å². The van der Waals surface area contributed by atoms with Crippen LogP contribution in [0.2, 0.25) is 5.02 Å². The van der Waals surface area contributed by atoms with E-state index in [1.807, 2.05) is 32.9 Å². The number of hydrogen-bond donors (Lipinski definition) is 2. The van der Waals surface area contributed by atoms with Crippen LogP contribution in [0.4, 0.5) is 0 Å². The van der Waals surface area contributed by atoms with Gasteiger partial charge >= 0.3 is 0 Å². The standard InChI is InChI=1S/C13H20ClNO2/c1-4-15-7-11(16)8-17-12-5-9(2)13(14)10(3)6-12/h5-6,11,15-16H,4,7-8H2,1-3H3/t11-/m0/s1.